The topological polar surface area (TPSA) is 47.2 Å². The van der Waals surface area contributed by atoms with Gasteiger partial charge in [-0.1, -0.05) is 153 Å². The fourth-order valence-corrected chi connectivity index (χ4v) is 8.78. The van der Waals surface area contributed by atoms with Crippen LogP contribution in [0.5, 0.6) is 11.5 Å². The van der Waals surface area contributed by atoms with E-state index in [-0.39, 0.29) is 26.5 Å². The predicted octanol–water partition coefficient (Wildman–Crippen LogP) is 15.1. The van der Waals surface area contributed by atoms with Crippen molar-refractivity contribution in [3.63, 3.8) is 0 Å². The van der Waals surface area contributed by atoms with E-state index in [1.165, 1.54) is 21.9 Å². The maximum absolute atomic E-state index is 6.75. The minimum Gasteiger partial charge on any atom is -0.509 e. The second-order valence-corrected chi connectivity index (χ2v) is 16.9. The quantitative estimate of drug-likeness (QED) is 0.124. The molecule has 316 valence electrons. The number of ether oxygens (including phenoxy) is 1. The molecule has 0 amide bonds. The van der Waals surface area contributed by atoms with E-state index in [2.05, 4.69) is 170 Å². The molecule has 10 aromatic rings. The van der Waals surface area contributed by atoms with E-state index in [1.54, 1.807) is 0 Å². The Morgan fingerprint density at radius 3 is 2.06 bits per heavy atom. The molecule has 0 unspecified atom stereocenters. The molecule has 0 aliphatic heterocycles. The van der Waals surface area contributed by atoms with Gasteiger partial charge in [-0.15, -0.1) is 30.3 Å². The Hall–Kier alpha value is -6.62. The van der Waals surface area contributed by atoms with E-state index in [9.17, 15) is 0 Å². The normalized spacial score (nSPS) is 11.6. The molecule has 0 aliphatic carbocycles. The molecular weight excluding hydrogens is 954 g/mol. The molecule has 3 heterocycles. The van der Waals surface area contributed by atoms with Crippen molar-refractivity contribution in [3.05, 3.63) is 189 Å². The van der Waals surface area contributed by atoms with E-state index in [0.29, 0.717) is 11.5 Å². The molecule has 0 saturated carbocycles. The van der Waals surface area contributed by atoms with Crippen LogP contribution in [0.4, 0.5) is 22.7 Å². The Morgan fingerprint density at radius 1 is 0.683 bits per heavy atom. The fourth-order valence-electron chi connectivity index (χ4n) is 8.78. The summed E-state index contributed by atoms with van der Waals surface area (Å²) in [5.41, 5.74) is 13.6. The van der Waals surface area contributed by atoms with Gasteiger partial charge in [0.05, 0.1) is 5.69 Å². The number of nitrogens with one attached hydrogen (secondary N) is 1. The number of rotatable bonds is 12. The Balaban J connectivity index is 0.00000504. The van der Waals surface area contributed by atoms with E-state index in [0.717, 1.165) is 86.8 Å². The van der Waals surface area contributed by atoms with E-state index in [1.807, 2.05) is 53.6 Å². The van der Waals surface area contributed by atoms with Crippen molar-refractivity contribution >= 4 is 55.6 Å². The number of pyridine rings is 1. The Kier molecular flexibility index (Phi) is 11.4. The first-order valence-corrected chi connectivity index (χ1v) is 21.5. The van der Waals surface area contributed by atoms with Gasteiger partial charge in [0.25, 0.3) is 0 Å². The zero-order valence-electron chi connectivity index (χ0n) is 35.9. The van der Waals surface area contributed by atoms with Crippen LogP contribution in [0.2, 0.25) is 0 Å². The van der Waals surface area contributed by atoms with Gasteiger partial charge in [0.2, 0.25) is 0 Å². The summed E-state index contributed by atoms with van der Waals surface area (Å²) < 4.78 is 11.4. The van der Waals surface area contributed by atoms with Crippen LogP contribution in [0.15, 0.2) is 164 Å². The van der Waals surface area contributed by atoms with Crippen molar-refractivity contribution in [2.45, 2.75) is 52.5 Å². The van der Waals surface area contributed by atoms with Gasteiger partial charge in [0.15, 0.2) is 0 Å². The van der Waals surface area contributed by atoms with Crippen LogP contribution < -0.4 is 15.0 Å². The molecule has 3 aromatic heterocycles. The number of unbranched alkanes of at least 4 members (excludes halogenated alkanes) is 1. The molecule has 0 fully saturated rings. The number of nitrogens with zero attached hydrogens (tertiary/aromatic N) is 4. The molecule has 0 radical (unpaired) electrons. The smallest absolute Gasteiger partial charge is 0.135 e. The average molecular weight is 1000 g/mol. The summed E-state index contributed by atoms with van der Waals surface area (Å²) in [5, 5.41) is 6.08. The van der Waals surface area contributed by atoms with Gasteiger partial charge in [0, 0.05) is 78.8 Å². The van der Waals surface area contributed by atoms with Crippen LogP contribution in [0.1, 0.15) is 46.1 Å². The van der Waals surface area contributed by atoms with Gasteiger partial charge in [-0.2, -0.15) is 6.07 Å². The SMILES string of the molecule is [CH2-]N(c1ccccc1Nc1[c-]c(Oc2[c-]c3c4c5c(cccc5n3-c3cc(C(C)(C)C)ccn3)n(CCCC)c4c2)ccc1)c1c(-c2ccccc2)cccc1-c1ccccc1.[Pt]. The summed E-state index contributed by atoms with van der Waals surface area (Å²) in [6.45, 7) is 9.87. The number of hydrogen-bond acceptors (Lipinski definition) is 4. The summed E-state index contributed by atoms with van der Waals surface area (Å²) in [4.78, 5) is 6.97. The first kappa shape index (κ1) is 41.7. The maximum Gasteiger partial charge on any atom is 0.135 e. The van der Waals surface area contributed by atoms with Gasteiger partial charge in [0.1, 0.15) is 5.82 Å². The van der Waals surface area contributed by atoms with Crippen LogP contribution >= 0.6 is 0 Å². The van der Waals surface area contributed by atoms with Crippen molar-refractivity contribution < 1.29 is 25.8 Å². The van der Waals surface area contributed by atoms with Gasteiger partial charge >= 0.3 is 0 Å². The molecule has 0 saturated heterocycles. The molecule has 0 atom stereocenters. The van der Waals surface area contributed by atoms with Crippen molar-refractivity contribution in [2.24, 2.45) is 0 Å². The zero-order valence-corrected chi connectivity index (χ0v) is 38.2. The second kappa shape index (κ2) is 17.3. The van der Waals surface area contributed by atoms with Gasteiger partial charge in [-0.3, -0.25) is 7.05 Å². The summed E-state index contributed by atoms with van der Waals surface area (Å²) in [5.74, 6) is 2.07. The molecule has 63 heavy (non-hydrogen) atoms. The van der Waals surface area contributed by atoms with Gasteiger partial charge in [-0.25, -0.2) is 4.98 Å². The van der Waals surface area contributed by atoms with E-state index < -0.39 is 0 Å². The molecule has 10 rings (SSSR count). The number of aryl methyl sites for hydroxylation is 1. The fraction of sp³-hybridized carbons (Fsp3) is 0.143. The summed E-state index contributed by atoms with van der Waals surface area (Å²) in [6.07, 6.45) is 4.09. The minimum atomic E-state index is -0.0299. The van der Waals surface area contributed by atoms with E-state index in [4.69, 9.17) is 16.8 Å². The first-order chi connectivity index (χ1) is 30.3. The molecule has 6 nitrogen and oxygen atoms in total. The number of hydrogen-bond donors (Lipinski definition) is 1. The van der Waals surface area contributed by atoms with Gasteiger partial charge in [-0.05, 0) is 70.3 Å². The number of para-hydroxylation sites is 3. The number of anilines is 4. The standard InChI is InChI=1S/C56H48N5O.Pt/c1-6-7-33-60-48-29-18-30-49-53(48)54-50(60)36-43(37-51(54)61(49)52-34-40(31-32-57-52)56(2,3)4)62-42-24-16-23-41(35-42)58-46-27-14-15-28-47(46)59(5)55-44(38-19-10-8-11-20-38)25-17-26-45(55)39-21-12-9-13-22-39;/h8-32,34,36,58H,5-7,33H2,1-4H3;/q-3;. The van der Waals surface area contributed by atoms with Crippen LogP contribution in [0.25, 0.3) is 60.9 Å². The number of aromatic nitrogens is 3. The minimum absolute atomic E-state index is 0. The summed E-state index contributed by atoms with van der Waals surface area (Å²) in [7, 11) is 4.70. The maximum atomic E-state index is 6.75. The van der Waals surface area contributed by atoms with Crippen LogP contribution in [-0.4, -0.2) is 14.1 Å². The average Bonchev–Trinajstić information content (AvgIpc) is 3.81. The third kappa shape index (κ3) is 7.78. The van der Waals surface area contributed by atoms with Gasteiger partial charge < -0.3 is 24.1 Å². The molecular formula is C56H48N5OPt-3. The summed E-state index contributed by atoms with van der Waals surface area (Å²) in [6, 6.07) is 61.9. The van der Waals surface area contributed by atoms with Crippen LogP contribution in [0, 0.1) is 19.2 Å². The van der Waals surface area contributed by atoms with Crippen LogP contribution in [0.3, 0.4) is 0 Å². The molecule has 0 spiro atoms. The molecule has 7 aromatic carbocycles. The monoisotopic (exact) mass is 1000 g/mol. The third-order valence-electron chi connectivity index (χ3n) is 11.8. The third-order valence-corrected chi connectivity index (χ3v) is 11.8. The summed E-state index contributed by atoms with van der Waals surface area (Å²) >= 11 is 0. The van der Waals surface area contributed by atoms with Crippen molar-refractivity contribution in [1.82, 2.24) is 14.1 Å². The van der Waals surface area contributed by atoms with Crippen molar-refractivity contribution in [1.29, 1.82) is 0 Å². The van der Waals surface area contributed by atoms with Crippen molar-refractivity contribution in [3.8, 4) is 39.6 Å². The Bertz CT molecular complexity index is 3120. The zero-order chi connectivity index (χ0) is 42.4. The largest absolute Gasteiger partial charge is 0.509 e. The molecule has 0 bridgehead atoms. The van der Waals surface area contributed by atoms with Crippen molar-refractivity contribution in [2.75, 3.05) is 10.2 Å². The number of benzene rings is 7. The second-order valence-electron chi connectivity index (χ2n) is 16.9. The first-order valence-electron chi connectivity index (χ1n) is 21.5. The van der Waals surface area contributed by atoms with E-state index >= 15 is 0 Å². The molecule has 1 N–H and O–H groups in total. The molecule has 0 aliphatic rings. The Labute approximate surface area is 384 Å². The molecule has 7 heteroatoms. The Morgan fingerprint density at radius 2 is 1.35 bits per heavy atom. The predicted molar refractivity (Wildman–Crippen MR) is 258 cm³/mol. The van der Waals surface area contributed by atoms with Crippen LogP contribution in [-0.2, 0) is 33.0 Å².